The smallest absolute Gasteiger partial charge is 0.0956 e. The molecular weight excluding hydrogens is 342 g/mol. The van der Waals surface area contributed by atoms with Crippen LogP contribution in [-0.4, -0.2) is 27.7 Å². The molecule has 3 heterocycles. The van der Waals surface area contributed by atoms with E-state index in [0.717, 1.165) is 38.3 Å². The van der Waals surface area contributed by atoms with Crippen LogP contribution in [0.25, 0.3) is 11.3 Å². The van der Waals surface area contributed by atoms with Crippen molar-refractivity contribution in [2.45, 2.75) is 44.6 Å². The second-order valence-electron chi connectivity index (χ2n) is 7.18. The number of ether oxygens (including phenoxy) is 1. The van der Waals surface area contributed by atoms with Crippen LogP contribution in [0.4, 0.5) is 0 Å². The minimum atomic E-state index is 0.439. The van der Waals surface area contributed by atoms with Crippen LogP contribution in [0.5, 0.6) is 0 Å². The number of thiazole rings is 1. The number of hydrogen-bond donors (Lipinski definition) is 0. The molecule has 0 unspecified atom stereocenters. The number of hydrogen-bond acceptors (Lipinski definition) is 4. The van der Waals surface area contributed by atoms with Crippen LogP contribution in [-0.2, 0) is 30.5 Å². The highest BCUT2D eigenvalue weighted by atomic mass is 32.1. The number of benzene rings is 1. The summed E-state index contributed by atoms with van der Waals surface area (Å²) in [5.74, 6) is 0.439. The van der Waals surface area contributed by atoms with Crippen LogP contribution in [0.3, 0.4) is 0 Å². The van der Waals surface area contributed by atoms with E-state index in [1.807, 2.05) is 17.7 Å². The highest BCUT2D eigenvalue weighted by molar-refractivity contribution is 7.11. The van der Waals surface area contributed by atoms with E-state index in [1.54, 1.807) is 0 Å². The van der Waals surface area contributed by atoms with Crippen molar-refractivity contribution in [3.63, 3.8) is 0 Å². The normalized spacial score (nSPS) is 19.2. The Morgan fingerprint density at radius 1 is 1.19 bits per heavy atom. The zero-order valence-corrected chi connectivity index (χ0v) is 15.7. The predicted octanol–water partition coefficient (Wildman–Crippen LogP) is 4.24. The molecule has 1 aliphatic carbocycles. The molecule has 1 fully saturated rings. The van der Waals surface area contributed by atoms with Gasteiger partial charge < -0.3 is 9.30 Å². The van der Waals surface area contributed by atoms with Gasteiger partial charge in [-0.2, -0.15) is 0 Å². The minimum absolute atomic E-state index is 0.439. The molecule has 4 nitrogen and oxygen atoms in total. The van der Waals surface area contributed by atoms with Gasteiger partial charge in [-0.1, -0.05) is 30.3 Å². The topological polar surface area (TPSA) is 39.9 Å². The zero-order valence-electron chi connectivity index (χ0n) is 14.9. The first-order valence-electron chi connectivity index (χ1n) is 9.54. The average Bonchev–Trinajstić information content (AvgIpc) is 3.42. The Morgan fingerprint density at radius 3 is 2.92 bits per heavy atom. The molecule has 5 heteroatoms. The fourth-order valence-electron chi connectivity index (χ4n) is 4.13. The molecule has 1 saturated heterocycles. The van der Waals surface area contributed by atoms with Gasteiger partial charge in [-0.25, -0.2) is 9.97 Å². The molecule has 134 valence electrons. The number of rotatable bonds is 5. The Hall–Kier alpha value is -1.98. The van der Waals surface area contributed by atoms with Crippen LogP contribution in [0.15, 0.2) is 36.7 Å². The molecule has 0 bridgehead atoms. The van der Waals surface area contributed by atoms with E-state index in [-0.39, 0.29) is 0 Å². The molecular formula is C21H23N3OS. The monoisotopic (exact) mass is 365 g/mol. The molecule has 0 amide bonds. The van der Waals surface area contributed by atoms with E-state index in [9.17, 15) is 0 Å². The second kappa shape index (κ2) is 6.97. The van der Waals surface area contributed by atoms with Crippen molar-refractivity contribution in [2.75, 3.05) is 13.2 Å². The van der Waals surface area contributed by atoms with Crippen molar-refractivity contribution in [1.82, 2.24) is 14.5 Å². The number of imidazole rings is 1. The van der Waals surface area contributed by atoms with Crippen molar-refractivity contribution in [3.8, 4) is 11.3 Å². The van der Waals surface area contributed by atoms with Gasteiger partial charge in [0.2, 0.25) is 0 Å². The quantitative estimate of drug-likeness (QED) is 0.679. The van der Waals surface area contributed by atoms with Gasteiger partial charge in [-0.3, -0.25) is 0 Å². The van der Waals surface area contributed by atoms with Crippen molar-refractivity contribution < 1.29 is 4.74 Å². The van der Waals surface area contributed by atoms with Gasteiger partial charge in [0.15, 0.2) is 0 Å². The van der Waals surface area contributed by atoms with Crippen LogP contribution in [0.2, 0.25) is 0 Å². The first kappa shape index (κ1) is 16.2. The molecule has 1 aliphatic heterocycles. The highest BCUT2D eigenvalue weighted by Crippen LogP contribution is 2.34. The number of nitrogens with zero attached hydrogens (tertiary/aromatic N) is 3. The highest BCUT2D eigenvalue weighted by Gasteiger charge is 2.26. The van der Waals surface area contributed by atoms with Crippen LogP contribution < -0.4 is 0 Å². The van der Waals surface area contributed by atoms with E-state index in [0.29, 0.717) is 5.92 Å². The standard InChI is InChI=1S/C21H23N3OS/c1-2-5-15(6-3-1)20-21(16-10-12-25-13-16)24(14-22-20)11-9-19-23-17-7-4-8-18(17)26-19/h1-3,5-6,14,16H,4,7-13H2/t16-/m1/s1. The van der Waals surface area contributed by atoms with Crippen LogP contribution >= 0.6 is 11.3 Å². The van der Waals surface area contributed by atoms with Crippen molar-refractivity contribution in [1.29, 1.82) is 0 Å². The summed E-state index contributed by atoms with van der Waals surface area (Å²) in [6, 6.07) is 10.5. The van der Waals surface area contributed by atoms with Gasteiger partial charge in [-0.15, -0.1) is 11.3 Å². The van der Waals surface area contributed by atoms with Crippen molar-refractivity contribution in [2.24, 2.45) is 0 Å². The summed E-state index contributed by atoms with van der Waals surface area (Å²) in [5, 5.41) is 1.28. The van der Waals surface area contributed by atoms with Gasteiger partial charge >= 0.3 is 0 Å². The first-order valence-corrected chi connectivity index (χ1v) is 10.4. The number of aryl methyl sites for hydroxylation is 4. The van der Waals surface area contributed by atoms with Gasteiger partial charge in [0, 0.05) is 35.9 Å². The Bertz CT molecular complexity index is 872. The van der Waals surface area contributed by atoms with Crippen LogP contribution in [0, 0.1) is 0 Å². The maximum atomic E-state index is 5.68. The summed E-state index contributed by atoms with van der Waals surface area (Å²) in [5.41, 5.74) is 4.99. The van der Waals surface area contributed by atoms with E-state index >= 15 is 0 Å². The first-order chi connectivity index (χ1) is 12.9. The predicted molar refractivity (Wildman–Crippen MR) is 104 cm³/mol. The zero-order chi connectivity index (χ0) is 17.3. The third-order valence-electron chi connectivity index (χ3n) is 5.45. The van der Waals surface area contributed by atoms with Gasteiger partial charge in [0.1, 0.15) is 0 Å². The van der Waals surface area contributed by atoms with E-state index in [4.69, 9.17) is 14.7 Å². The lowest BCUT2D eigenvalue weighted by Gasteiger charge is -2.14. The molecule has 1 aromatic carbocycles. The molecule has 2 aliphatic rings. The van der Waals surface area contributed by atoms with Crippen molar-refractivity contribution in [3.05, 3.63) is 57.9 Å². The molecule has 3 aromatic rings. The lowest BCUT2D eigenvalue weighted by atomic mass is 9.99. The number of fused-ring (bicyclic) bond motifs is 1. The third-order valence-corrected chi connectivity index (χ3v) is 6.67. The number of aromatic nitrogens is 3. The molecule has 26 heavy (non-hydrogen) atoms. The molecule has 1 atom stereocenters. The Morgan fingerprint density at radius 2 is 2.12 bits per heavy atom. The fourth-order valence-corrected chi connectivity index (χ4v) is 5.28. The van der Waals surface area contributed by atoms with Crippen molar-refractivity contribution >= 4 is 11.3 Å². The fraction of sp³-hybridized carbons (Fsp3) is 0.429. The summed E-state index contributed by atoms with van der Waals surface area (Å²) >= 11 is 1.91. The Kier molecular flexibility index (Phi) is 4.35. The minimum Gasteiger partial charge on any atom is -0.381 e. The Labute approximate surface area is 157 Å². The molecule has 2 aromatic heterocycles. The van der Waals surface area contributed by atoms with E-state index in [2.05, 4.69) is 34.9 Å². The van der Waals surface area contributed by atoms with E-state index < -0.39 is 0 Å². The summed E-state index contributed by atoms with van der Waals surface area (Å²) in [6.07, 6.45) is 7.75. The van der Waals surface area contributed by atoms with E-state index in [1.165, 1.54) is 46.1 Å². The largest absolute Gasteiger partial charge is 0.381 e. The second-order valence-corrected chi connectivity index (χ2v) is 8.35. The molecule has 0 saturated carbocycles. The molecule has 5 rings (SSSR count). The summed E-state index contributed by atoms with van der Waals surface area (Å²) in [4.78, 5) is 11.2. The summed E-state index contributed by atoms with van der Waals surface area (Å²) in [7, 11) is 0. The van der Waals surface area contributed by atoms with Gasteiger partial charge in [0.25, 0.3) is 0 Å². The lowest BCUT2D eigenvalue weighted by Crippen LogP contribution is -2.10. The summed E-state index contributed by atoms with van der Waals surface area (Å²) in [6.45, 7) is 2.60. The maximum Gasteiger partial charge on any atom is 0.0956 e. The molecule has 0 N–H and O–H groups in total. The molecule has 0 spiro atoms. The molecule has 0 radical (unpaired) electrons. The van der Waals surface area contributed by atoms with Gasteiger partial charge in [0.05, 0.1) is 35.0 Å². The Balaban J connectivity index is 1.43. The average molecular weight is 366 g/mol. The third kappa shape index (κ3) is 2.99. The van der Waals surface area contributed by atoms with Crippen LogP contribution in [0.1, 0.15) is 40.0 Å². The SMILES string of the molecule is c1ccc(-c2ncn(CCc3nc4c(s3)CCC4)c2[C@@H]2CCOC2)cc1. The lowest BCUT2D eigenvalue weighted by molar-refractivity contribution is 0.193. The van der Waals surface area contributed by atoms with Gasteiger partial charge in [-0.05, 0) is 25.7 Å². The summed E-state index contributed by atoms with van der Waals surface area (Å²) < 4.78 is 8.02. The maximum absolute atomic E-state index is 5.68.